The molecule has 25 heavy (non-hydrogen) atoms. The summed E-state index contributed by atoms with van der Waals surface area (Å²) in [5.74, 6) is -5.86. The highest BCUT2D eigenvalue weighted by atomic mass is 32.2. The van der Waals surface area contributed by atoms with Gasteiger partial charge in [0.1, 0.15) is 4.90 Å². The SMILES string of the molecule is C=CCNC(=O)c1ccccc1NS(=O)(=O)c1ccc(F)c(F)c1F. The van der Waals surface area contributed by atoms with Gasteiger partial charge in [-0.3, -0.25) is 9.52 Å². The molecule has 0 aliphatic carbocycles. The van der Waals surface area contributed by atoms with Crippen molar-refractivity contribution >= 4 is 21.6 Å². The normalized spacial score (nSPS) is 11.0. The minimum absolute atomic E-state index is 0.0316. The molecule has 0 fully saturated rings. The van der Waals surface area contributed by atoms with Crippen molar-refractivity contribution in [3.8, 4) is 0 Å². The van der Waals surface area contributed by atoms with Gasteiger partial charge < -0.3 is 5.32 Å². The molecule has 0 saturated heterocycles. The molecule has 2 N–H and O–H groups in total. The lowest BCUT2D eigenvalue weighted by Gasteiger charge is -2.13. The third-order valence-corrected chi connectivity index (χ3v) is 4.50. The molecule has 2 aromatic rings. The van der Waals surface area contributed by atoms with E-state index < -0.39 is 38.3 Å². The number of carbonyl (C=O) groups excluding carboxylic acids is 1. The summed E-state index contributed by atoms with van der Waals surface area (Å²) in [5.41, 5.74) is -0.177. The lowest BCUT2D eigenvalue weighted by Crippen LogP contribution is -2.25. The van der Waals surface area contributed by atoms with Crippen LogP contribution < -0.4 is 10.0 Å². The van der Waals surface area contributed by atoms with Gasteiger partial charge in [0.25, 0.3) is 15.9 Å². The van der Waals surface area contributed by atoms with Crippen molar-refractivity contribution in [2.24, 2.45) is 0 Å². The second-order valence-corrected chi connectivity index (χ2v) is 6.47. The molecule has 5 nitrogen and oxygen atoms in total. The van der Waals surface area contributed by atoms with Crippen LogP contribution in [0.1, 0.15) is 10.4 Å². The van der Waals surface area contributed by atoms with E-state index in [0.717, 1.165) is 0 Å². The molecule has 2 aromatic carbocycles. The fourth-order valence-corrected chi connectivity index (χ4v) is 3.10. The summed E-state index contributed by atoms with van der Waals surface area (Å²) in [5, 5.41) is 2.47. The number of halogens is 3. The Morgan fingerprint density at radius 2 is 1.76 bits per heavy atom. The van der Waals surface area contributed by atoms with E-state index >= 15 is 0 Å². The zero-order valence-electron chi connectivity index (χ0n) is 12.7. The Labute approximate surface area is 142 Å². The molecule has 0 heterocycles. The molecule has 0 atom stereocenters. The van der Waals surface area contributed by atoms with Crippen molar-refractivity contribution in [1.82, 2.24) is 5.32 Å². The van der Waals surface area contributed by atoms with Gasteiger partial charge in [-0.1, -0.05) is 18.2 Å². The third kappa shape index (κ3) is 4.00. The van der Waals surface area contributed by atoms with E-state index in [0.29, 0.717) is 12.1 Å². The van der Waals surface area contributed by atoms with Gasteiger partial charge in [-0.15, -0.1) is 6.58 Å². The van der Waals surface area contributed by atoms with Crippen LogP contribution in [-0.2, 0) is 10.0 Å². The number of nitrogens with one attached hydrogen (secondary N) is 2. The van der Waals surface area contributed by atoms with Crippen LogP contribution in [0.5, 0.6) is 0 Å². The smallest absolute Gasteiger partial charge is 0.264 e. The van der Waals surface area contributed by atoms with Crippen molar-refractivity contribution in [3.63, 3.8) is 0 Å². The van der Waals surface area contributed by atoms with Crippen LogP contribution in [0.3, 0.4) is 0 Å². The molecule has 0 spiro atoms. The van der Waals surface area contributed by atoms with Crippen LogP contribution in [0.4, 0.5) is 18.9 Å². The van der Waals surface area contributed by atoms with E-state index in [9.17, 15) is 26.4 Å². The zero-order valence-corrected chi connectivity index (χ0v) is 13.5. The van der Waals surface area contributed by atoms with E-state index in [1.165, 1.54) is 30.3 Å². The van der Waals surface area contributed by atoms with Gasteiger partial charge in [0.2, 0.25) is 0 Å². The average Bonchev–Trinajstić information content (AvgIpc) is 2.57. The monoisotopic (exact) mass is 370 g/mol. The number of rotatable bonds is 6. The maximum Gasteiger partial charge on any atom is 0.264 e. The van der Waals surface area contributed by atoms with Crippen LogP contribution in [-0.4, -0.2) is 20.9 Å². The summed E-state index contributed by atoms with van der Waals surface area (Å²) in [6.45, 7) is 3.59. The maximum absolute atomic E-state index is 13.8. The van der Waals surface area contributed by atoms with Crippen molar-refractivity contribution in [2.75, 3.05) is 11.3 Å². The predicted molar refractivity (Wildman–Crippen MR) is 86.1 cm³/mol. The fraction of sp³-hybridized carbons (Fsp3) is 0.0625. The van der Waals surface area contributed by atoms with Crippen molar-refractivity contribution in [3.05, 3.63) is 72.1 Å². The van der Waals surface area contributed by atoms with E-state index in [1.807, 2.05) is 4.72 Å². The number of carbonyl (C=O) groups is 1. The van der Waals surface area contributed by atoms with Gasteiger partial charge in [0.05, 0.1) is 11.3 Å². The molecule has 2 rings (SSSR count). The second-order valence-electron chi connectivity index (χ2n) is 4.82. The van der Waals surface area contributed by atoms with E-state index in [1.54, 1.807) is 0 Å². The molecular formula is C16H13F3N2O3S. The third-order valence-electron chi connectivity index (χ3n) is 3.11. The van der Waals surface area contributed by atoms with Crippen LogP contribution in [0.25, 0.3) is 0 Å². The highest BCUT2D eigenvalue weighted by Gasteiger charge is 2.25. The number of amides is 1. The summed E-state index contributed by atoms with van der Waals surface area (Å²) in [6.07, 6.45) is 1.43. The molecule has 0 aromatic heterocycles. The predicted octanol–water partition coefficient (Wildman–Crippen LogP) is 2.82. The number of hydrogen-bond acceptors (Lipinski definition) is 3. The Morgan fingerprint density at radius 3 is 2.44 bits per heavy atom. The quantitative estimate of drug-likeness (QED) is 0.607. The summed E-state index contributed by atoms with van der Waals surface area (Å²) in [7, 11) is -4.59. The first-order chi connectivity index (χ1) is 11.8. The summed E-state index contributed by atoms with van der Waals surface area (Å²) in [4.78, 5) is 11.0. The first kappa shape index (κ1) is 18.5. The van der Waals surface area contributed by atoms with E-state index in [-0.39, 0.29) is 17.8 Å². The van der Waals surface area contributed by atoms with Gasteiger partial charge >= 0.3 is 0 Å². The topological polar surface area (TPSA) is 75.3 Å². The minimum Gasteiger partial charge on any atom is -0.349 e. The number of benzene rings is 2. The molecule has 0 aliphatic rings. The lowest BCUT2D eigenvalue weighted by molar-refractivity contribution is 0.0959. The zero-order chi connectivity index (χ0) is 18.6. The minimum atomic E-state index is -4.59. The van der Waals surface area contributed by atoms with Gasteiger partial charge in [0.15, 0.2) is 17.5 Å². The number of hydrogen-bond donors (Lipinski definition) is 2. The molecule has 0 bridgehead atoms. The molecule has 0 aliphatic heterocycles. The average molecular weight is 370 g/mol. The molecule has 0 unspecified atom stereocenters. The molecule has 0 saturated carbocycles. The first-order valence-corrected chi connectivity index (χ1v) is 8.40. The van der Waals surface area contributed by atoms with Gasteiger partial charge in [-0.2, -0.15) is 0 Å². The van der Waals surface area contributed by atoms with Crippen LogP contribution in [0, 0.1) is 17.5 Å². The van der Waals surface area contributed by atoms with E-state index in [2.05, 4.69) is 11.9 Å². The Morgan fingerprint density at radius 1 is 1.08 bits per heavy atom. The lowest BCUT2D eigenvalue weighted by atomic mass is 10.1. The molecule has 1 amide bonds. The Bertz CT molecular complexity index is 930. The van der Waals surface area contributed by atoms with Crippen molar-refractivity contribution in [1.29, 1.82) is 0 Å². The highest BCUT2D eigenvalue weighted by Crippen LogP contribution is 2.24. The second kappa shape index (κ2) is 7.39. The molecular weight excluding hydrogens is 357 g/mol. The molecule has 9 heteroatoms. The Kier molecular flexibility index (Phi) is 5.48. The Hall–Kier alpha value is -2.81. The van der Waals surface area contributed by atoms with Crippen molar-refractivity contribution in [2.45, 2.75) is 4.90 Å². The number of sulfonamides is 1. The summed E-state index contributed by atoms with van der Waals surface area (Å²) < 4.78 is 66.6. The standard InChI is InChI=1S/C16H13F3N2O3S/c1-2-9-20-16(22)10-5-3-4-6-12(10)21-25(23,24)13-8-7-11(17)14(18)15(13)19/h2-8,21H,1,9H2,(H,20,22). The summed E-state index contributed by atoms with van der Waals surface area (Å²) in [6, 6.07) is 6.66. The van der Waals surface area contributed by atoms with Gasteiger partial charge in [-0.05, 0) is 24.3 Å². The van der Waals surface area contributed by atoms with E-state index in [4.69, 9.17) is 0 Å². The number of para-hydroxylation sites is 1. The fourth-order valence-electron chi connectivity index (χ4n) is 1.95. The maximum atomic E-state index is 13.8. The van der Waals surface area contributed by atoms with Crippen molar-refractivity contribution < 1.29 is 26.4 Å². The van der Waals surface area contributed by atoms with Crippen LogP contribution in [0.15, 0.2) is 53.9 Å². The summed E-state index contributed by atoms with van der Waals surface area (Å²) >= 11 is 0. The van der Waals surface area contributed by atoms with Gasteiger partial charge in [-0.25, -0.2) is 21.6 Å². The molecule has 132 valence electrons. The molecule has 0 radical (unpaired) electrons. The van der Waals surface area contributed by atoms with Crippen LogP contribution >= 0.6 is 0 Å². The van der Waals surface area contributed by atoms with Crippen LogP contribution in [0.2, 0.25) is 0 Å². The largest absolute Gasteiger partial charge is 0.349 e. The van der Waals surface area contributed by atoms with Gasteiger partial charge in [0, 0.05) is 6.54 Å². The number of anilines is 1. The Balaban J connectivity index is 2.41. The first-order valence-electron chi connectivity index (χ1n) is 6.92. The highest BCUT2D eigenvalue weighted by molar-refractivity contribution is 7.92.